The minimum atomic E-state index is -4.33. The zero-order chi connectivity index (χ0) is 8.04. The van der Waals surface area contributed by atoms with Crippen molar-refractivity contribution in [3.63, 3.8) is 0 Å². The van der Waals surface area contributed by atoms with E-state index in [1.165, 1.54) is 6.08 Å². The summed E-state index contributed by atoms with van der Waals surface area (Å²) in [6, 6.07) is 0. The smallest absolute Gasteiger partial charge is 0.413 e. The van der Waals surface area contributed by atoms with Crippen LogP contribution in [0, 0.1) is 0 Å². The van der Waals surface area contributed by atoms with Gasteiger partial charge < -0.3 is 4.52 Å². The van der Waals surface area contributed by atoms with Crippen molar-refractivity contribution in [3.8, 4) is 0 Å². The molecule has 10 heavy (non-hydrogen) atoms. The average Bonchev–Trinajstić information content (AvgIpc) is 1.78. The Hall–Kier alpha value is -0.570. The van der Waals surface area contributed by atoms with E-state index in [0.29, 0.717) is 6.42 Å². The summed E-state index contributed by atoms with van der Waals surface area (Å²) < 4.78 is 14.0. The highest BCUT2D eigenvalue weighted by atomic mass is 31.2. The van der Waals surface area contributed by atoms with Crippen molar-refractivity contribution >= 4 is 7.82 Å². The van der Waals surface area contributed by atoms with E-state index < -0.39 is 7.82 Å². The van der Waals surface area contributed by atoms with Gasteiger partial charge in [-0.3, -0.25) is 9.79 Å². The highest BCUT2D eigenvalue weighted by Crippen LogP contribution is 2.35. The van der Waals surface area contributed by atoms with Crippen LogP contribution in [0.4, 0.5) is 0 Å². The molecule has 0 spiro atoms. The molecule has 58 valence electrons. The second-order valence-corrected chi connectivity index (χ2v) is 2.68. The van der Waals surface area contributed by atoms with Gasteiger partial charge in [0.1, 0.15) is 0 Å². The largest absolute Gasteiger partial charge is 0.524 e. The molecule has 0 unspecified atom stereocenters. The molecular weight excluding hydrogens is 155 g/mol. The van der Waals surface area contributed by atoms with E-state index in [4.69, 9.17) is 9.79 Å². The molecule has 0 aliphatic heterocycles. The molecule has 0 rings (SSSR count). The lowest BCUT2D eigenvalue weighted by Crippen LogP contribution is -1.77. The van der Waals surface area contributed by atoms with Crippen molar-refractivity contribution in [2.45, 2.75) is 6.42 Å². The van der Waals surface area contributed by atoms with E-state index in [9.17, 15) is 4.57 Å². The fourth-order valence-corrected chi connectivity index (χ4v) is 0.519. The van der Waals surface area contributed by atoms with Gasteiger partial charge in [-0.2, -0.15) is 0 Å². The molecule has 0 fully saturated rings. The quantitative estimate of drug-likeness (QED) is 0.372. The zero-order valence-electron chi connectivity index (χ0n) is 5.30. The van der Waals surface area contributed by atoms with Gasteiger partial charge in [-0.25, -0.2) is 4.57 Å². The third-order valence-electron chi connectivity index (χ3n) is 0.597. The standard InChI is InChI=1S/C5H9O4P/c1-2-3-4-5-9-10(6,7)8/h2,4-5H,1,3H2,(H2,6,7,8)/b5-4+. The number of phosphoric acid groups is 1. The Labute approximate surface area is 59.1 Å². The van der Waals surface area contributed by atoms with Crippen LogP contribution in [0.5, 0.6) is 0 Å². The molecule has 0 heterocycles. The van der Waals surface area contributed by atoms with Crippen molar-refractivity contribution in [1.82, 2.24) is 0 Å². The van der Waals surface area contributed by atoms with Crippen molar-refractivity contribution in [3.05, 3.63) is 25.0 Å². The summed E-state index contributed by atoms with van der Waals surface area (Å²) in [7, 11) is -4.33. The molecular formula is C5H9O4P. The predicted molar refractivity (Wildman–Crippen MR) is 37.1 cm³/mol. The third-order valence-corrected chi connectivity index (χ3v) is 0.993. The predicted octanol–water partition coefficient (Wildman–Crippen LogP) is 1.19. The molecule has 0 saturated carbocycles. The maximum absolute atomic E-state index is 9.99. The summed E-state index contributed by atoms with van der Waals surface area (Å²) in [5.41, 5.74) is 0. The number of phosphoric ester groups is 1. The van der Waals surface area contributed by atoms with Crippen LogP contribution in [0.15, 0.2) is 25.0 Å². The van der Waals surface area contributed by atoms with Gasteiger partial charge in [-0.05, 0) is 12.5 Å². The second-order valence-electron chi connectivity index (χ2n) is 1.49. The molecule has 0 aliphatic rings. The summed E-state index contributed by atoms with van der Waals surface area (Å²) in [4.78, 5) is 16.3. The fraction of sp³-hybridized carbons (Fsp3) is 0.200. The molecule has 0 aromatic carbocycles. The normalized spacial score (nSPS) is 11.8. The Bertz CT molecular complexity index is 168. The maximum atomic E-state index is 9.99. The first-order valence-corrected chi connectivity index (χ1v) is 4.09. The van der Waals surface area contributed by atoms with Crippen LogP contribution in [0.3, 0.4) is 0 Å². The highest BCUT2D eigenvalue weighted by Gasteiger charge is 2.10. The van der Waals surface area contributed by atoms with E-state index in [1.54, 1.807) is 6.08 Å². The summed E-state index contributed by atoms with van der Waals surface area (Å²) >= 11 is 0. The summed E-state index contributed by atoms with van der Waals surface area (Å²) in [6.45, 7) is 3.39. The highest BCUT2D eigenvalue weighted by molar-refractivity contribution is 7.46. The topological polar surface area (TPSA) is 66.8 Å². The van der Waals surface area contributed by atoms with Crippen LogP contribution in [0.1, 0.15) is 6.42 Å². The molecule has 0 amide bonds. The number of hydrogen-bond acceptors (Lipinski definition) is 2. The maximum Gasteiger partial charge on any atom is 0.524 e. The molecule has 0 radical (unpaired) electrons. The van der Waals surface area contributed by atoms with Gasteiger partial charge in [0.15, 0.2) is 0 Å². The summed E-state index contributed by atoms with van der Waals surface area (Å²) in [5, 5.41) is 0. The minimum absolute atomic E-state index is 0.528. The van der Waals surface area contributed by atoms with Gasteiger partial charge in [0, 0.05) is 0 Å². The molecule has 5 heteroatoms. The Morgan fingerprint density at radius 1 is 1.60 bits per heavy atom. The molecule has 0 atom stereocenters. The van der Waals surface area contributed by atoms with Crippen molar-refractivity contribution < 1.29 is 18.9 Å². The van der Waals surface area contributed by atoms with Crippen molar-refractivity contribution in [1.29, 1.82) is 0 Å². The van der Waals surface area contributed by atoms with Crippen LogP contribution < -0.4 is 0 Å². The molecule has 0 aromatic heterocycles. The van der Waals surface area contributed by atoms with E-state index in [1.807, 2.05) is 0 Å². The van der Waals surface area contributed by atoms with Gasteiger partial charge in [-0.15, -0.1) is 6.58 Å². The van der Waals surface area contributed by atoms with E-state index in [0.717, 1.165) is 6.26 Å². The Morgan fingerprint density at radius 2 is 2.20 bits per heavy atom. The van der Waals surface area contributed by atoms with Gasteiger partial charge >= 0.3 is 7.82 Å². The summed E-state index contributed by atoms with van der Waals surface area (Å²) in [6.07, 6.45) is 4.52. The molecule has 0 aliphatic carbocycles. The molecule has 2 N–H and O–H groups in total. The van der Waals surface area contributed by atoms with Crippen molar-refractivity contribution in [2.24, 2.45) is 0 Å². The van der Waals surface area contributed by atoms with E-state index in [2.05, 4.69) is 11.1 Å². The Balaban J connectivity index is 3.54. The molecule has 0 aromatic rings. The van der Waals surface area contributed by atoms with Crippen LogP contribution in [0.25, 0.3) is 0 Å². The van der Waals surface area contributed by atoms with Crippen LogP contribution in [-0.2, 0) is 9.09 Å². The first kappa shape index (κ1) is 9.43. The molecule has 0 bridgehead atoms. The third kappa shape index (κ3) is 7.43. The van der Waals surface area contributed by atoms with E-state index >= 15 is 0 Å². The Kier molecular flexibility index (Phi) is 4.03. The lowest BCUT2D eigenvalue weighted by molar-refractivity contribution is 0.258. The van der Waals surface area contributed by atoms with Crippen molar-refractivity contribution in [2.75, 3.05) is 0 Å². The van der Waals surface area contributed by atoms with E-state index in [-0.39, 0.29) is 0 Å². The number of allylic oxidation sites excluding steroid dienone is 2. The fourth-order valence-electron chi connectivity index (χ4n) is 0.274. The molecule has 0 saturated heterocycles. The second kappa shape index (κ2) is 4.28. The van der Waals surface area contributed by atoms with Gasteiger partial charge in [0.05, 0.1) is 6.26 Å². The molecule has 4 nitrogen and oxygen atoms in total. The first-order chi connectivity index (χ1) is 4.56. The van der Waals surface area contributed by atoms with Crippen LogP contribution >= 0.6 is 7.82 Å². The first-order valence-electron chi connectivity index (χ1n) is 2.56. The number of rotatable bonds is 4. The van der Waals surface area contributed by atoms with Crippen LogP contribution in [-0.4, -0.2) is 9.79 Å². The zero-order valence-corrected chi connectivity index (χ0v) is 6.20. The average molecular weight is 164 g/mol. The van der Waals surface area contributed by atoms with Crippen LogP contribution in [0.2, 0.25) is 0 Å². The van der Waals surface area contributed by atoms with Gasteiger partial charge in [-0.1, -0.05) is 6.08 Å². The lowest BCUT2D eigenvalue weighted by atomic mass is 10.4. The number of hydrogen-bond donors (Lipinski definition) is 2. The Morgan fingerprint density at radius 3 is 2.60 bits per heavy atom. The van der Waals surface area contributed by atoms with Gasteiger partial charge in [0.25, 0.3) is 0 Å². The monoisotopic (exact) mass is 164 g/mol. The minimum Gasteiger partial charge on any atom is -0.413 e. The summed E-state index contributed by atoms with van der Waals surface area (Å²) in [5.74, 6) is 0. The van der Waals surface area contributed by atoms with Gasteiger partial charge in [0.2, 0.25) is 0 Å². The SMILES string of the molecule is C=CC/C=C/OP(=O)(O)O. The lowest BCUT2D eigenvalue weighted by Gasteiger charge is -1.98.